The fraction of sp³-hybridized carbons (Fsp3) is 0.677. The molecule has 1 rings (SSSR count). The summed E-state index contributed by atoms with van der Waals surface area (Å²) in [6.07, 6.45) is 25.5. The van der Waals surface area contributed by atoms with E-state index in [0.717, 1.165) is 12.8 Å². The molecule has 0 aromatic heterocycles. The lowest BCUT2D eigenvalue weighted by atomic mass is 9.95. The van der Waals surface area contributed by atoms with Gasteiger partial charge in [0.1, 0.15) is 0 Å². The first-order chi connectivity index (χ1) is 15.1. The molecule has 2 atom stereocenters. The van der Waals surface area contributed by atoms with Crippen LogP contribution in [0.15, 0.2) is 59.3 Å². The average Bonchev–Trinajstić information content (AvgIpc) is 3.34. The monoisotopic (exact) mass is 440 g/mol. The number of epoxide rings is 1. The standard InChI is InChI=1S/C31H52O/c1-9-29(21-12-15-25(2)3)22-14-20-27(5)17-11-10-16-26(4)18-13-19-28(6)23-24-30-31(7,8)32-30/h9,15-17,19,29-30H,1,10-14,18,20-24H2,2-8H3. The third-order valence-electron chi connectivity index (χ3n) is 6.72. The zero-order valence-electron chi connectivity index (χ0n) is 22.4. The second kappa shape index (κ2) is 15.5. The number of hydrogen-bond donors (Lipinski definition) is 0. The van der Waals surface area contributed by atoms with Crippen molar-refractivity contribution < 1.29 is 4.74 Å². The van der Waals surface area contributed by atoms with E-state index in [0.29, 0.717) is 12.0 Å². The zero-order valence-corrected chi connectivity index (χ0v) is 22.4. The van der Waals surface area contributed by atoms with Gasteiger partial charge < -0.3 is 4.74 Å². The first kappa shape index (κ1) is 28.7. The SMILES string of the molecule is C=CC(CCC=C(C)C)CCCC(C)=CCCC=C(C)CCC=C(C)CCC1OC1(C)C. The Balaban J connectivity index is 2.15. The van der Waals surface area contributed by atoms with Crippen molar-refractivity contribution in [3.63, 3.8) is 0 Å². The molecule has 1 heterocycles. The van der Waals surface area contributed by atoms with E-state index in [-0.39, 0.29) is 5.60 Å². The van der Waals surface area contributed by atoms with Gasteiger partial charge in [-0.2, -0.15) is 0 Å². The van der Waals surface area contributed by atoms with Crippen molar-refractivity contribution in [2.45, 2.75) is 131 Å². The van der Waals surface area contributed by atoms with Gasteiger partial charge in [-0.05, 0) is 125 Å². The maximum atomic E-state index is 5.68. The number of allylic oxidation sites excluding steroid dienone is 9. The van der Waals surface area contributed by atoms with Gasteiger partial charge in [-0.15, -0.1) is 6.58 Å². The lowest BCUT2D eigenvalue weighted by Crippen LogP contribution is -2.02. The Morgan fingerprint density at radius 2 is 1.34 bits per heavy atom. The van der Waals surface area contributed by atoms with Crippen molar-refractivity contribution >= 4 is 0 Å². The van der Waals surface area contributed by atoms with Gasteiger partial charge in [0.25, 0.3) is 0 Å². The highest BCUT2D eigenvalue weighted by Gasteiger charge is 2.46. The smallest absolute Gasteiger partial charge is 0.0892 e. The molecule has 2 unspecified atom stereocenters. The van der Waals surface area contributed by atoms with Crippen LogP contribution >= 0.6 is 0 Å². The minimum Gasteiger partial charge on any atom is -0.367 e. The third-order valence-corrected chi connectivity index (χ3v) is 6.72. The molecule has 0 aromatic rings. The van der Waals surface area contributed by atoms with Crippen molar-refractivity contribution in [3.8, 4) is 0 Å². The predicted molar refractivity (Wildman–Crippen MR) is 144 cm³/mol. The maximum Gasteiger partial charge on any atom is 0.0892 e. The Bertz CT molecular complexity index is 667. The van der Waals surface area contributed by atoms with Gasteiger partial charge >= 0.3 is 0 Å². The van der Waals surface area contributed by atoms with Crippen molar-refractivity contribution in [1.29, 1.82) is 0 Å². The molecular formula is C31H52O. The van der Waals surface area contributed by atoms with Crippen LogP contribution in [0.25, 0.3) is 0 Å². The van der Waals surface area contributed by atoms with Crippen LogP contribution < -0.4 is 0 Å². The summed E-state index contributed by atoms with van der Waals surface area (Å²) in [5.41, 5.74) is 6.14. The van der Waals surface area contributed by atoms with E-state index in [2.05, 4.69) is 85.4 Å². The Morgan fingerprint density at radius 3 is 1.91 bits per heavy atom. The van der Waals surface area contributed by atoms with E-state index >= 15 is 0 Å². The Labute approximate surface area is 200 Å². The Morgan fingerprint density at radius 1 is 0.781 bits per heavy atom. The summed E-state index contributed by atoms with van der Waals surface area (Å²) in [6.45, 7) is 19.6. The first-order valence-corrected chi connectivity index (χ1v) is 13.0. The molecule has 1 fully saturated rings. The molecule has 0 amide bonds. The van der Waals surface area contributed by atoms with Gasteiger partial charge in [0.05, 0.1) is 11.7 Å². The van der Waals surface area contributed by atoms with Crippen molar-refractivity contribution in [2.24, 2.45) is 5.92 Å². The molecule has 32 heavy (non-hydrogen) atoms. The van der Waals surface area contributed by atoms with Gasteiger partial charge in [-0.3, -0.25) is 0 Å². The van der Waals surface area contributed by atoms with E-state index in [1.54, 1.807) is 5.57 Å². The number of hydrogen-bond acceptors (Lipinski definition) is 1. The minimum absolute atomic E-state index is 0.131. The largest absolute Gasteiger partial charge is 0.367 e. The lowest BCUT2D eigenvalue weighted by molar-refractivity contribution is 0.320. The van der Waals surface area contributed by atoms with E-state index in [4.69, 9.17) is 4.74 Å². The average molecular weight is 441 g/mol. The minimum atomic E-state index is 0.131. The lowest BCUT2D eigenvalue weighted by Gasteiger charge is -2.11. The van der Waals surface area contributed by atoms with Crippen LogP contribution in [0.1, 0.15) is 119 Å². The highest BCUT2D eigenvalue weighted by Crippen LogP contribution is 2.38. The molecule has 1 aliphatic rings. The summed E-state index contributed by atoms with van der Waals surface area (Å²) in [5.74, 6) is 0.663. The number of ether oxygens (including phenoxy) is 1. The first-order valence-electron chi connectivity index (χ1n) is 13.0. The third kappa shape index (κ3) is 13.9. The molecular weight excluding hydrogens is 388 g/mol. The fourth-order valence-electron chi connectivity index (χ4n) is 4.22. The summed E-state index contributed by atoms with van der Waals surface area (Å²) < 4.78 is 5.68. The number of rotatable bonds is 17. The quantitative estimate of drug-likeness (QED) is 0.124. The van der Waals surface area contributed by atoms with E-state index in [1.807, 2.05) is 0 Å². The van der Waals surface area contributed by atoms with Crippen LogP contribution in [0.3, 0.4) is 0 Å². The van der Waals surface area contributed by atoms with Gasteiger partial charge in [0.2, 0.25) is 0 Å². The molecule has 1 heteroatoms. The summed E-state index contributed by atoms with van der Waals surface area (Å²) in [7, 11) is 0. The number of unbranched alkanes of at least 4 members (excludes halogenated alkanes) is 1. The topological polar surface area (TPSA) is 12.5 Å². The molecule has 0 aliphatic carbocycles. The molecule has 0 radical (unpaired) electrons. The summed E-state index contributed by atoms with van der Waals surface area (Å²) in [4.78, 5) is 0. The van der Waals surface area contributed by atoms with Crippen LogP contribution in [0.5, 0.6) is 0 Å². The molecule has 0 saturated carbocycles. The molecule has 182 valence electrons. The highest BCUT2D eigenvalue weighted by atomic mass is 16.6. The van der Waals surface area contributed by atoms with Crippen LogP contribution in [0.2, 0.25) is 0 Å². The van der Waals surface area contributed by atoms with E-state index in [9.17, 15) is 0 Å². The van der Waals surface area contributed by atoms with Crippen LogP contribution in [-0.2, 0) is 4.74 Å². The Hall–Kier alpha value is -1.34. The van der Waals surface area contributed by atoms with Gasteiger partial charge in [0.15, 0.2) is 0 Å². The van der Waals surface area contributed by atoms with E-state index in [1.165, 1.54) is 74.5 Å². The van der Waals surface area contributed by atoms with Crippen molar-refractivity contribution in [1.82, 2.24) is 0 Å². The summed E-state index contributed by atoms with van der Waals surface area (Å²) >= 11 is 0. The summed E-state index contributed by atoms with van der Waals surface area (Å²) in [6, 6.07) is 0. The maximum absolute atomic E-state index is 5.68. The van der Waals surface area contributed by atoms with Crippen LogP contribution in [-0.4, -0.2) is 11.7 Å². The molecule has 0 spiro atoms. The Kier molecular flexibility index (Phi) is 13.9. The fourth-order valence-corrected chi connectivity index (χ4v) is 4.22. The van der Waals surface area contributed by atoms with Crippen molar-refractivity contribution in [2.75, 3.05) is 0 Å². The molecule has 0 bridgehead atoms. The second-order valence-corrected chi connectivity index (χ2v) is 10.8. The molecule has 1 saturated heterocycles. The van der Waals surface area contributed by atoms with Crippen LogP contribution in [0, 0.1) is 5.92 Å². The van der Waals surface area contributed by atoms with Gasteiger partial charge in [-0.1, -0.05) is 52.7 Å². The molecule has 0 N–H and O–H groups in total. The van der Waals surface area contributed by atoms with Crippen molar-refractivity contribution in [3.05, 3.63) is 59.3 Å². The van der Waals surface area contributed by atoms with Crippen LogP contribution in [0.4, 0.5) is 0 Å². The van der Waals surface area contributed by atoms with Gasteiger partial charge in [0, 0.05) is 0 Å². The molecule has 1 aliphatic heterocycles. The highest BCUT2D eigenvalue weighted by molar-refractivity contribution is 5.06. The zero-order chi connectivity index (χ0) is 24.0. The normalized spacial score (nSPS) is 19.6. The molecule has 1 nitrogen and oxygen atoms in total. The molecule has 0 aromatic carbocycles. The summed E-state index contributed by atoms with van der Waals surface area (Å²) in [5, 5.41) is 0. The van der Waals surface area contributed by atoms with Gasteiger partial charge in [-0.25, -0.2) is 0 Å². The predicted octanol–water partition coefficient (Wildman–Crippen LogP) is 10.1. The second-order valence-electron chi connectivity index (χ2n) is 10.8. The van der Waals surface area contributed by atoms with E-state index < -0.39 is 0 Å².